The minimum Gasteiger partial charge on any atom is -0.493 e. The Morgan fingerprint density at radius 1 is 1.00 bits per heavy atom. The lowest BCUT2D eigenvalue weighted by atomic mass is 10.1. The topological polar surface area (TPSA) is 21.3 Å². The molecule has 21 heavy (non-hydrogen) atoms. The first kappa shape index (κ1) is 12.9. The van der Waals surface area contributed by atoms with Crippen molar-refractivity contribution in [3.8, 4) is 5.75 Å². The molecule has 0 unspecified atom stereocenters. The molecule has 4 rings (SSSR count). The van der Waals surface area contributed by atoms with Crippen molar-refractivity contribution in [1.29, 1.82) is 0 Å². The van der Waals surface area contributed by atoms with Gasteiger partial charge in [0.1, 0.15) is 5.75 Å². The van der Waals surface area contributed by atoms with Crippen LogP contribution in [0.25, 0.3) is 0 Å². The highest BCUT2D eigenvalue weighted by molar-refractivity contribution is 7.11. The van der Waals surface area contributed by atoms with Crippen LogP contribution in [0.2, 0.25) is 0 Å². The Morgan fingerprint density at radius 2 is 1.76 bits per heavy atom. The number of fused-ring (bicyclic) bond motifs is 1. The zero-order valence-electron chi connectivity index (χ0n) is 11.4. The number of anilines is 1. The van der Waals surface area contributed by atoms with Gasteiger partial charge < -0.3 is 10.1 Å². The quantitative estimate of drug-likeness (QED) is 0.736. The molecule has 2 aromatic heterocycles. The van der Waals surface area contributed by atoms with Crippen molar-refractivity contribution in [3.63, 3.8) is 0 Å². The summed E-state index contributed by atoms with van der Waals surface area (Å²) in [6.07, 6.45) is 1.01. The molecule has 4 heteroatoms. The summed E-state index contributed by atoms with van der Waals surface area (Å²) >= 11 is 3.59. The molecule has 3 heterocycles. The molecule has 0 fully saturated rings. The molecular weight excluding hydrogens is 298 g/mol. The van der Waals surface area contributed by atoms with E-state index in [9.17, 15) is 0 Å². The van der Waals surface area contributed by atoms with Crippen molar-refractivity contribution in [2.45, 2.75) is 12.5 Å². The van der Waals surface area contributed by atoms with Gasteiger partial charge in [-0.1, -0.05) is 12.1 Å². The summed E-state index contributed by atoms with van der Waals surface area (Å²) in [6, 6.07) is 15.2. The second kappa shape index (κ2) is 5.54. The van der Waals surface area contributed by atoms with Crippen LogP contribution < -0.4 is 10.1 Å². The summed E-state index contributed by atoms with van der Waals surface area (Å²) in [4.78, 5) is 2.68. The highest BCUT2D eigenvalue weighted by atomic mass is 32.1. The molecule has 0 saturated heterocycles. The van der Waals surface area contributed by atoms with Crippen LogP contribution in [0.3, 0.4) is 0 Å². The van der Waals surface area contributed by atoms with Gasteiger partial charge in [0.2, 0.25) is 0 Å². The Bertz CT molecular complexity index is 685. The van der Waals surface area contributed by atoms with E-state index in [1.165, 1.54) is 15.3 Å². The highest BCUT2D eigenvalue weighted by Gasteiger charge is 2.18. The van der Waals surface area contributed by atoms with Crippen LogP contribution in [0, 0.1) is 0 Å². The van der Waals surface area contributed by atoms with Crippen LogP contribution in [-0.4, -0.2) is 6.61 Å². The minimum atomic E-state index is 0.227. The van der Waals surface area contributed by atoms with Gasteiger partial charge in [-0.15, -0.1) is 22.7 Å². The predicted octanol–water partition coefficient (Wildman–Crippen LogP) is 4.95. The van der Waals surface area contributed by atoms with Crippen LogP contribution in [0.1, 0.15) is 21.4 Å². The number of rotatable bonds is 4. The van der Waals surface area contributed by atoms with Crippen LogP contribution in [-0.2, 0) is 6.42 Å². The van der Waals surface area contributed by atoms with Gasteiger partial charge in [-0.25, -0.2) is 0 Å². The molecule has 1 aliphatic heterocycles. The maximum Gasteiger partial charge on any atom is 0.122 e. The lowest BCUT2D eigenvalue weighted by molar-refractivity contribution is 0.357. The molecule has 2 nitrogen and oxygen atoms in total. The molecule has 1 N–H and O–H groups in total. The SMILES string of the molecule is c1csc(C(Nc2ccc3c(c2)CCO3)c2cccs2)c1. The largest absolute Gasteiger partial charge is 0.493 e. The van der Waals surface area contributed by atoms with Gasteiger partial charge in [0.05, 0.1) is 12.6 Å². The number of nitrogens with one attached hydrogen (secondary N) is 1. The van der Waals surface area contributed by atoms with E-state index in [0.29, 0.717) is 0 Å². The maximum absolute atomic E-state index is 5.58. The monoisotopic (exact) mass is 313 g/mol. The molecule has 0 atom stereocenters. The summed E-state index contributed by atoms with van der Waals surface area (Å²) in [5, 5.41) is 7.94. The Kier molecular flexibility index (Phi) is 3.41. The Hall–Kier alpha value is -1.78. The van der Waals surface area contributed by atoms with E-state index in [1.54, 1.807) is 22.7 Å². The average Bonchev–Trinajstić information content (AvgIpc) is 3.24. The van der Waals surface area contributed by atoms with Crippen molar-refractivity contribution in [3.05, 3.63) is 68.5 Å². The first-order chi connectivity index (χ1) is 10.4. The number of ether oxygens (including phenoxy) is 1. The van der Waals surface area contributed by atoms with Crippen molar-refractivity contribution in [2.75, 3.05) is 11.9 Å². The van der Waals surface area contributed by atoms with Gasteiger partial charge in [0, 0.05) is 21.9 Å². The summed E-state index contributed by atoms with van der Waals surface area (Å²) in [6.45, 7) is 0.804. The summed E-state index contributed by atoms with van der Waals surface area (Å²) in [5.41, 5.74) is 2.46. The third kappa shape index (κ3) is 2.57. The van der Waals surface area contributed by atoms with Crippen molar-refractivity contribution in [1.82, 2.24) is 0 Å². The van der Waals surface area contributed by atoms with Gasteiger partial charge >= 0.3 is 0 Å². The Balaban J connectivity index is 1.66. The van der Waals surface area contributed by atoms with E-state index < -0.39 is 0 Å². The second-order valence-corrected chi connectivity index (χ2v) is 6.99. The molecular formula is C17H15NOS2. The number of hydrogen-bond acceptors (Lipinski definition) is 4. The molecule has 1 aromatic carbocycles. The normalized spacial score (nSPS) is 13.2. The third-order valence-corrected chi connectivity index (χ3v) is 5.53. The fourth-order valence-corrected chi connectivity index (χ4v) is 4.30. The van der Waals surface area contributed by atoms with Gasteiger partial charge in [0.15, 0.2) is 0 Å². The molecule has 0 amide bonds. The first-order valence-electron chi connectivity index (χ1n) is 6.99. The predicted molar refractivity (Wildman–Crippen MR) is 89.7 cm³/mol. The zero-order valence-corrected chi connectivity index (χ0v) is 13.0. The van der Waals surface area contributed by atoms with Crippen LogP contribution in [0.15, 0.2) is 53.2 Å². The van der Waals surface area contributed by atoms with E-state index in [4.69, 9.17) is 4.74 Å². The molecule has 1 aliphatic rings. The van der Waals surface area contributed by atoms with Crippen LogP contribution >= 0.6 is 22.7 Å². The lowest BCUT2D eigenvalue weighted by Gasteiger charge is -2.18. The standard InChI is InChI=1S/C17H15NOS2/c1-3-15(20-9-1)17(16-4-2-10-21-16)18-13-5-6-14-12(11-13)7-8-19-14/h1-6,9-11,17-18H,7-8H2. The number of benzene rings is 1. The average molecular weight is 313 g/mol. The molecule has 0 radical (unpaired) electrons. The molecule has 3 aromatic rings. The number of thiophene rings is 2. The summed E-state index contributed by atoms with van der Waals surface area (Å²) in [5.74, 6) is 1.03. The fourth-order valence-electron chi connectivity index (χ4n) is 2.64. The molecule has 106 valence electrons. The molecule has 0 spiro atoms. The van der Waals surface area contributed by atoms with Gasteiger partial charge in [-0.2, -0.15) is 0 Å². The van der Waals surface area contributed by atoms with Crippen molar-refractivity contribution < 1.29 is 4.74 Å². The van der Waals surface area contributed by atoms with E-state index in [-0.39, 0.29) is 6.04 Å². The van der Waals surface area contributed by atoms with Crippen LogP contribution in [0.4, 0.5) is 5.69 Å². The Labute approximate surface area is 132 Å². The maximum atomic E-state index is 5.58. The molecule has 0 bridgehead atoms. The van der Waals surface area contributed by atoms with Gasteiger partial charge in [0.25, 0.3) is 0 Å². The Morgan fingerprint density at radius 3 is 2.43 bits per heavy atom. The van der Waals surface area contributed by atoms with E-state index in [1.807, 2.05) is 0 Å². The molecule has 0 saturated carbocycles. The van der Waals surface area contributed by atoms with E-state index in [2.05, 4.69) is 58.5 Å². The van der Waals surface area contributed by atoms with E-state index in [0.717, 1.165) is 24.5 Å². The zero-order chi connectivity index (χ0) is 14.1. The summed E-state index contributed by atoms with van der Waals surface area (Å²) in [7, 11) is 0. The van der Waals surface area contributed by atoms with Crippen molar-refractivity contribution >= 4 is 28.4 Å². The van der Waals surface area contributed by atoms with Crippen LogP contribution in [0.5, 0.6) is 5.75 Å². The van der Waals surface area contributed by atoms with Gasteiger partial charge in [-0.05, 0) is 46.7 Å². The lowest BCUT2D eigenvalue weighted by Crippen LogP contribution is -2.09. The highest BCUT2D eigenvalue weighted by Crippen LogP contribution is 2.34. The first-order valence-corrected chi connectivity index (χ1v) is 8.75. The minimum absolute atomic E-state index is 0.227. The van der Waals surface area contributed by atoms with E-state index >= 15 is 0 Å². The summed E-state index contributed by atoms with van der Waals surface area (Å²) < 4.78 is 5.58. The smallest absolute Gasteiger partial charge is 0.122 e. The fraction of sp³-hybridized carbons (Fsp3) is 0.176. The third-order valence-electron chi connectivity index (χ3n) is 3.66. The number of hydrogen-bond donors (Lipinski definition) is 1. The molecule has 0 aliphatic carbocycles. The second-order valence-electron chi connectivity index (χ2n) is 5.03. The van der Waals surface area contributed by atoms with Crippen molar-refractivity contribution in [2.24, 2.45) is 0 Å². The van der Waals surface area contributed by atoms with Gasteiger partial charge in [-0.3, -0.25) is 0 Å².